The normalized spacial score (nSPS) is 12.2. The van der Waals surface area contributed by atoms with Crippen LogP contribution in [0.5, 0.6) is 0 Å². The zero-order valence-electron chi connectivity index (χ0n) is 36.7. The van der Waals surface area contributed by atoms with E-state index in [4.69, 9.17) is 15.0 Å². The van der Waals surface area contributed by atoms with E-state index in [2.05, 4.69) is 226 Å². The monoisotopic (exact) mass is 862 g/mol. The Balaban J connectivity index is 1.01. The number of aromatic nitrogens is 4. The quantitative estimate of drug-likeness (QED) is 0.173. The Bertz CT molecular complexity index is 4060. The number of benzene rings is 10. The van der Waals surface area contributed by atoms with Crippen molar-refractivity contribution in [2.45, 2.75) is 26.2 Å². The Morgan fingerprint density at radius 3 is 1.67 bits per heavy atom. The average molecular weight is 863 g/mol. The lowest BCUT2D eigenvalue weighted by atomic mass is 9.83. The molecule has 13 rings (SSSR count). The van der Waals surface area contributed by atoms with Gasteiger partial charge in [-0.1, -0.05) is 172 Å². The molecule has 0 aliphatic heterocycles. The zero-order chi connectivity index (χ0) is 44.1. The first-order valence-corrected chi connectivity index (χ1v) is 23.4. The number of fused-ring (bicyclic) bond motifs is 9. The van der Waals surface area contributed by atoms with Gasteiger partial charge in [-0.15, -0.1) is 11.3 Å². The third-order valence-electron chi connectivity index (χ3n) is 13.4. The Hall–Kier alpha value is -7.99. The van der Waals surface area contributed by atoms with Gasteiger partial charge in [0.15, 0.2) is 17.5 Å². The smallest absolute Gasteiger partial charge is 0.164 e. The molecule has 0 spiro atoms. The highest BCUT2D eigenvalue weighted by atomic mass is 32.1. The lowest BCUT2D eigenvalue weighted by molar-refractivity contribution is 0.596. The standard InChI is InChI=1S/C61H42N4S/c1-61(2,3)53-22-13-19-45-46(53)20-12-21-51(45)59-62-58(39-27-26-37-28-30-41(35-40(37)34-39)65-54-23-9-6-16-47(54)48-17-7-10-24-55(48)65)63-60(64-59)52-33-32-42(43-14-4-5-15-44(43)52)38-29-31-50-49-18-8-11-25-56(49)66-57(50)36-38/h4-36H,1-3H3. The Morgan fingerprint density at radius 2 is 0.909 bits per heavy atom. The fourth-order valence-corrected chi connectivity index (χ4v) is 11.4. The maximum absolute atomic E-state index is 5.40. The molecule has 0 N–H and O–H groups in total. The molecule has 0 aliphatic carbocycles. The minimum absolute atomic E-state index is 0.0428. The highest BCUT2D eigenvalue weighted by Gasteiger charge is 2.21. The van der Waals surface area contributed by atoms with Crippen LogP contribution in [0.3, 0.4) is 0 Å². The predicted molar refractivity (Wildman–Crippen MR) is 280 cm³/mol. The van der Waals surface area contributed by atoms with Crippen molar-refractivity contribution in [2.24, 2.45) is 0 Å². The molecule has 0 atom stereocenters. The van der Waals surface area contributed by atoms with Crippen LogP contribution in [0, 0.1) is 0 Å². The van der Waals surface area contributed by atoms with Crippen molar-refractivity contribution in [1.29, 1.82) is 0 Å². The fraction of sp³-hybridized carbons (Fsp3) is 0.0656. The Kier molecular flexibility index (Phi) is 8.61. The first kappa shape index (κ1) is 38.5. The summed E-state index contributed by atoms with van der Waals surface area (Å²) >= 11 is 1.85. The molecular weight excluding hydrogens is 821 g/mol. The molecule has 0 bridgehead atoms. The van der Waals surface area contributed by atoms with Crippen molar-refractivity contribution in [3.05, 3.63) is 206 Å². The molecule has 3 heterocycles. The molecule has 0 radical (unpaired) electrons. The van der Waals surface area contributed by atoms with Crippen LogP contribution in [0.1, 0.15) is 26.3 Å². The van der Waals surface area contributed by atoms with Crippen LogP contribution in [-0.4, -0.2) is 19.5 Å². The van der Waals surface area contributed by atoms with E-state index in [-0.39, 0.29) is 5.41 Å². The van der Waals surface area contributed by atoms with Crippen LogP contribution in [-0.2, 0) is 5.41 Å². The van der Waals surface area contributed by atoms with Gasteiger partial charge in [0.05, 0.1) is 11.0 Å². The van der Waals surface area contributed by atoms with Crippen molar-refractivity contribution in [2.75, 3.05) is 0 Å². The van der Waals surface area contributed by atoms with Crippen molar-refractivity contribution < 1.29 is 0 Å². The molecule has 0 fully saturated rings. The summed E-state index contributed by atoms with van der Waals surface area (Å²) in [6.45, 7) is 6.82. The number of rotatable bonds is 5. The molecule has 5 heteroatoms. The molecule has 3 aromatic heterocycles. The van der Waals surface area contributed by atoms with Gasteiger partial charge in [0.25, 0.3) is 0 Å². The molecule has 0 unspecified atom stereocenters. The summed E-state index contributed by atoms with van der Waals surface area (Å²) in [6, 6.07) is 72.5. The molecule has 0 saturated heterocycles. The predicted octanol–water partition coefficient (Wildman–Crippen LogP) is 16.8. The van der Waals surface area contributed by atoms with Crippen molar-refractivity contribution in [3.8, 4) is 51.0 Å². The number of para-hydroxylation sites is 2. The Labute approximate surface area is 386 Å². The summed E-state index contributed by atoms with van der Waals surface area (Å²) in [6.07, 6.45) is 0. The lowest BCUT2D eigenvalue weighted by Gasteiger charge is -2.22. The summed E-state index contributed by atoms with van der Waals surface area (Å²) in [5.74, 6) is 1.92. The minimum atomic E-state index is -0.0428. The van der Waals surface area contributed by atoms with Gasteiger partial charge < -0.3 is 4.57 Å². The van der Waals surface area contributed by atoms with E-state index in [1.165, 1.54) is 64.1 Å². The molecule has 10 aromatic carbocycles. The molecule has 0 saturated carbocycles. The lowest BCUT2D eigenvalue weighted by Crippen LogP contribution is -2.11. The summed E-state index contributed by atoms with van der Waals surface area (Å²) in [7, 11) is 0. The molecule has 13 aromatic rings. The molecule has 66 heavy (non-hydrogen) atoms. The second kappa shape index (κ2) is 14.8. The van der Waals surface area contributed by atoms with Gasteiger partial charge in [0.1, 0.15) is 0 Å². The van der Waals surface area contributed by atoms with Crippen LogP contribution < -0.4 is 0 Å². The SMILES string of the molecule is CC(C)(C)c1cccc2c(-c3nc(-c4ccc5ccc(-n6c7ccccc7c7ccccc76)cc5c4)nc(-c4ccc(-c5ccc6c(c5)sc5ccccc56)c5ccccc45)n3)cccc12. The topological polar surface area (TPSA) is 43.6 Å². The van der Waals surface area contributed by atoms with Gasteiger partial charge in [-0.05, 0) is 103 Å². The third-order valence-corrected chi connectivity index (χ3v) is 14.5. The summed E-state index contributed by atoms with van der Waals surface area (Å²) in [5.41, 5.74) is 9.98. The maximum Gasteiger partial charge on any atom is 0.164 e. The molecular formula is C61H42N4S. The van der Waals surface area contributed by atoms with Crippen molar-refractivity contribution >= 4 is 85.6 Å². The second-order valence-corrected chi connectivity index (χ2v) is 19.5. The number of nitrogens with zero attached hydrogens (tertiary/aromatic N) is 4. The Morgan fingerprint density at radius 1 is 0.364 bits per heavy atom. The fourth-order valence-electron chi connectivity index (χ4n) is 10.3. The van der Waals surface area contributed by atoms with Gasteiger partial charge in [-0.25, -0.2) is 15.0 Å². The number of thiophene rings is 1. The van der Waals surface area contributed by atoms with E-state index in [1.54, 1.807) is 0 Å². The van der Waals surface area contributed by atoms with Crippen LogP contribution in [0.2, 0.25) is 0 Å². The van der Waals surface area contributed by atoms with E-state index >= 15 is 0 Å². The summed E-state index contributed by atoms with van der Waals surface area (Å²) in [5, 5.41) is 11.9. The van der Waals surface area contributed by atoms with Gasteiger partial charge in [-0.3, -0.25) is 0 Å². The van der Waals surface area contributed by atoms with Crippen LogP contribution in [0.4, 0.5) is 0 Å². The second-order valence-electron chi connectivity index (χ2n) is 18.4. The largest absolute Gasteiger partial charge is 0.309 e. The van der Waals surface area contributed by atoms with Gasteiger partial charge >= 0.3 is 0 Å². The van der Waals surface area contributed by atoms with E-state index in [0.29, 0.717) is 17.5 Å². The van der Waals surface area contributed by atoms with E-state index in [0.717, 1.165) is 49.3 Å². The molecule has 0 aliphatic rings. The first-order valence-electron chi connectivity index (χ1n) is 22.6. The zero-order valence-corrected chi connectivity index (χ0v) is 37.6. The van der Waals surface area contributed by atoms with E-state index < -0.39 is 0 Å². The van der Waals surface area contributed by atoms with Crippen molar-refractivity contribution in [1.82, 2.24) is 19.5 Å². The third kappa shape index (κ3) is 6.15. The maximum atomic E-state index is 5.40. The van der Waals surface area contributed by atoms with Crippen LogP contribution in [0.25, 0.3) is 125 Å². The highest BCUT2D eigenvalue weighted by molar-refractivity contribution is 7.25. The number of hydrogen-bond donors (Lipinski definition) is 0. The van der Waals surface area contributed by atoms with Crippen molar-refractivity contribution in [3.63, 3.8) is 0 Å². The van der Waals surface area contributed by atoms with E-state index in [1.807, 2.05) is 11.3 Å². The van der Waals surface area contributed by atoms with Crippen LogP contribution >= 0.6 is 11.3 Å². The van der Waals surface area contributed by atoms with Gasteiger partial charge in [-0.2, -0.15) is 0 Å². The summed E-state index contributed by atoms with van der Waals surface area (Å²) in [4.78, 5) is 16.2. The number of hydrogen-bond acceptors (Lipinski definition) is 4. The highest BCUT2D eigenvalue weighted by Crippen LogP contribution is 2.42. The van der Waals surface area contributed by atoms with Crippen LogP contribution in [0.15, 0.2) is 200 Å². The van der Waals surface area contributed by atoms with Gasteiger partial charge in [0, 0.05) is 53.3 Å². The average Bonchev–Trinajstić information content (AvgIpc) is 3.90. The van der Waals surface area contributed by atoms with E-state index in [9.17, 15) is 0 Å². The molecule has 312 valence electrons. The molecule has 4 nitrogen and oxygen atoms in total. The minimum Gasteiger partial charge on any atom is -0.309 e. The summed E-state index contributed by atoms with van der Waals surface area (Å²) < 4.78 is 4.97. The van der Waals surface area contributed by atoms with Gasteiger partial charge in [0.2, 0.25) is 0 Å². The molecule has 0 amide bonds. The first-order chi connectivity index (χ1) is 32.3.